The summed E-state index contributed by atoms with van der Waals surface area (Å²) in [7, 11) is 0. The van der Waals surface area contributed by atoms with Gasteiger partial charge in [0.15, 0.2) is 0 Å². The largest absolute Gasteiger partial charge is 0.378 e. The number of carbonyl (C=O) groups excluding carboxylic acids is 1. The molecule has 1 aliphatic carbocycles. The molecule has 2 N–H and O–H groups in total. The molecule has 2 aliphatic rings. The molecule has 4 heteroatoms. The third-order valence-electron chi connectivity index (χ3n) is 4.23. The lowest BCUT2D eigenvalue weighted by atomic mass is 9.94. The third-order valence-corrected chi connectivity index (χ3v) is 4.23. The molecule has 110 valence electrons. The molecule has 1 aliphatic heterocycles. The molecule has 0 aromatic rings. The Morgan fingerprint density at radius 2 is 1.89 bits per heavy atom. The second-order valence-electron chi connectivity index (χ2n) is 5.88. The Labute approximate surface area is 116 Å². The smallest absolute Gasteiger partial charge is 0.220 e. The average molecular weight is 268 g/mol. The van der Waals surface area contributed by atoms with E-state index in [1.54, 1.807) is 0 Å². The molecule has 0 aromatic heterocycles. The number of nitrogens with one attached hydrogen (secondary N) is 2. The van der Waals surface area contributed by atoms with Crippen molar-refractivity contribution in [1.29, 1.82) is 0 Å². The fourth-order valence-electron chi connectivity index (χ4n) is 3.03. The van der Waals surface area contributed by atoms with Gasteiger partial charge in [0.2, 0.25) is 5.91 Å². The van der Waals surface area contributed by atoms with Gasteiger partial charge in [-0.25, -0.2) is 0 Å². The van der Waals surface area contributed by atoms with Crippen molar-refractivity contribution in [3.05, 3.63) is 0 Å². The molecule has 0 atom stereocenters. The Morgan fingerprint density at radius 3 is 2.63 bits per heavy atom. The molecule has 0 spiro atoms. The molecule has 19 heavy (non-hydrogen) atoms. The minimum atomic E-state index is 0.216. The van der Waals surface area contributed by atoms with Gasteiger partial charge in [0.05, 0.1) is 6.10 Å². The maximum Gasteiger partial charge on any atom is 0.220 e. The molecule has 1 saturated heterocycles. The zero-order valence-electron chi connectivity index (χ0n) is 12.0. The van der Waals surface area contributed by atoms with E-state index in [0.29, 0.717) is 18.4 Å². The third kappa shape index (κ3) is 5.91. The summed E-state index contributed by atoms with van der Waals surface area (Å²) >= 11 is 0. The van der Waals surface area contributed by atoms with Crippen LogP contribution >= 0.6 is 0 Å². The van der Waals surface area contributed by atoms with Gasteiger partial charge in [-0.3, -0.25) is 4.79 Å². The minimum Gasteiger partial charge on any atom is -0.378 e. The molecule has 1 heterocycles. The summed E-state index contributed by atoms with van der Waals surface area (Å²) < 4.78 is 5.78. The maximum absolute atomic E-state index is 11.8. The fraction of sp³-hybridized carbons (Fsp3) is 0.933. The summed E-state index contributed by atoms with van der Waals surface area (Å²) in [5, 5.41) is 6.34. The standard InChI is InChI=1S/C15H28N2O2/c18-15(12-13-6-9-16-10-7-13)17-8-3-11-19-14-4-1-2-5-14/h13-14,16H,1-12H2,(H,17,18). The Balaban J connectivity index is 1.44. The van der Waals surface area contributed by atoms with Crippen LogP contribution in [-0.4, -0.2) is 38.3 Å². The van der Waals surface area contributed by atoms with Gasteiger partial charge in [-0.15, -0.1) is 0 Å². The van der Waals surface area contributed by atoms with E-state index in [-0.39, 0.29) is 5.91 Å². The highest BCUT2D eigenvalue weighted by Gasteiger charge is 2.17. The molecular weight excluding hydrogens is 240 g/mol. The lowest BCUT2D eigenvalue weighted by molar-refractivity contribution is -0.122. The first-order valence-electron chi connectivity index (χ1n) is 7.93. The molecule has 0 aromatic carbocycles. The van der Waals surface area contributed by atoms with E-state index < -0.39 is 0 Å². The number of hydrogen-bond donors (Lipinski definition) is 2. The minimum absolute atomic E-state index is 0.216. The van der Waals surface area contributed by atoms with Crippen LogP contribution in [-0.2, 0) is 9.53 Å². The molecule has 1 amide bonds. The molecule has 2 fully saturated rings. The van der Waals surface area contributed by atoms with Crippen LogP contribution in [0.15, 0.2) is 0 Å². The van der Waals surface area contributed by atoms with Crippen molar-refractivity contribution in [3.8, 4) is 0 Å². The number of rotatable bonds is 7. The summed E-state index contributed by atoms with van der Waals surface area (Å²) in [5.74, 6) is 0.795. The number of carbonyl (C=O) groups is 1. The Bertz CT molecular complexity index is 259. The van der Waals surface area contributed by atoms with E-state index in [0.717, 1.165) is 45.5 Å². The van der Waals surface area contributed by atoms with Crippen LogP contribution in [0.2, 0.25) is 0 Å². The molecule has 4 nitrogen and oxygen atoms in total. The van der Waals surface area contributed by atoms with E-state index in [2.05, 4.69) is 10.6 Å². The molecule has 0 unspecified atom stereocenters. The highest BCUT2D eigenvalue weighted by atomic mass is 16.5. The Hall–Kier alpha value is -0.610. The SMILES string of the molecule is O=C(CC1CCNCC1)NCCCOC1CCCC1. The number of hydrogen-bond acceptors (Lipinski definition) is 3. The summed E-state index contributed by atoms with van der Waals surface area (Å²) in [6.45, 7) is 3.68. The van der Waals surface area contributed by atoms with Crippen molar-refractivity contribution in [1.82, 2.24) is 10.6 Å². The van der Waals surface area contributed by atoms with Crippen molar-refractivity contribution >= 4 is 5.91 Å². The summed E-state index contributed by atoms with van der Waals surface area (Å²) in [5.41, 5.74) is 0. The van der Waals surface area contributed by atoms with E-state index in [9.17, 15) is 4.79 Å². The predicted octanol–water partition coefficient (Wildman–Crippen LogP) is 1.84. The first-order valence-corrected chi connectivity index (χ1v) is 7.93. The van der Waals surface area contributed by atoms with Crippen LogP contribution in [0.4, 0.5) is 0 Å². The first-order chi connectivity index (χ1) is 9.34. The van der Waals surface area contributed by atoms with Crippen LogP contribution in [0.25, 0.3) is 0 Å². The van der Waals surface area contributed by atoms with Gasteiger partial charge in [0, 0.05) is 19.6 Å². The first kappa shape index (κ1) is 14.8. The maximum atomic E-state index is 11.8. The van der Waals surface area contributed by atoms with Gasteiger partial charge in [0.25, 0.3) is 0 Å². The zero-order valence-corrected chi connectivity index (χ0v) is 12.0. The molecule has 0 bridgehead atoms. The number of amides is 1. The van der Waals surface area contributed by atoms with E-state index >= 15 is 0 Å². The van der Waals surface area contributed by atoms with Crippen molar-refractivity contribution in [2.75, 3.05) is 26.2 Å². The van der Waals surface area contributed by atoms with E-state index in [4.69, 9.17) is 4.74 Å². The molecule has 2 rings (SSSR count). The van der Waals surface area contributed by atoms with Gasteiger partial charge in [0.1, 0.15) is 0 Å². The topological polar surface area (TPSA) is 50.4 Å². The highest BCUT2D eigenvalue weighted by molar-refractivity contribution is 5.76. The van der Waals surface area contributed by atoms with Crippen molar-refractivity contribution in [2.24, 2.45) is 5.92 Å². The lowest BCUT2D eigenvalue weighted by Gasteiger charge is -2.21. The fourth-order valence-corrected chi connectivity index (χ4v) is 3.03. The van der Waals surface area contributed by atoms with Crippen LogP contribution < -0.4 is 10.6 Å². The summed E-state index contributed by atoms with van der Waals surface area (Å²) in [4.78, 5) is 11.8. The second-order valence-corrected chi connectivity index (χ2v) is 5.88. The number of ether oxygens (including phenoxy) is 1. The molecule has 1 saturated carbocycles. The average Bonchev–Trinajstić information content (AvgIpc) is 2.92. The lowest BCUT2D eigenvalue weighted by Crippen LogP contribution is -2.32. The van der Waals surface area contributed by atoms with Gasteiger partial charge < -0.3 is 15.4 Å². The quantitative estimate of drug-likeness (QED) is 0.693. The monoisotopic (exact) mass is 268 g/mol. The normalized spacial score (nSPS) is 21.7. The predicted molar refractivity (Wildman–Crippen MR) is 76.0 cm³/mol. The van der Waals surface area contributed by atoms with Crippen molar-refractivity contribution < 1.29 is 9.53 Å². The Kier molecular flexibility index (Phi) is 6.65. The molecule has 0 radical (unpaired) electrons. The van der Waals surface area contributed by atoms with E-state index in [1.165, 1.54) is 25.7 Å². The van der Waals surface area contributed by atoms with Gasteiger partial charge >= 0.3 is 0 Å². The Morgan fingerprint density at radius 1 is 1.16 bits per heavy atom. The zero-order chi connectivity index (χ0) is 13.3. The van der Waals surface area contributed by atoms with E-state index in [1.807, 2.05) is 0 Å². The number of piperidine rings is 1. The molecular formula is C15H28N2O2. The highest BCUT2D eigenvalue weighted by Crippen LogP contribution is 2.20. The van der Waals surface area contributed by atoms with Crippen molar-refractivity contribution in [3.63, 3.8) is 0 Å². The summed E-state index contributed by atoms with van der Waals surface area (Å²) in [6, 6.07) is 0. The second kappa shape index (κ2) is 8.54. The van der Waals surface area contributed by atoms with Crippen LogP contribution in [0, 0.1) is 5.92 Å². The van der Waals surface area contributed by atoms with Crippen LogP contribution in [0.1, 0.15) is 51.4 Å². The van der Waals surface area contributed by atoms with Gasteiger partial charge in [-0.1, -0.05) is 12.8 Å². The summed E-state index contributed by atoms with van der Waals surface area (Å²) in [6.07, 6.45) is 9.49. The van der Waals surface area contributed by atoms with Crippen LogP contribution in [0.3, 0.4) is 0 Å². The van der Waals surface area contributed by atoms with Crippen LogP contribution in [0.5, 0.6) is 0 Å². The van der Waals surface area contributed by atoms with Crippen molar-refractivity contribution in [2.45, 2.75) is 57.5 Å². The van der Waals surface area contributed by atoms with Gasteiger partial charge in [-0.2, -0.15) is 0 Å². The van der Waals surface area contributed by atoms with Gasteiger partial charge in [-0.05, 0) is 51.1 Å².